The van der Waals surface area contributed by atoms with Crippen molar-refractivity contribution in [2.24, 2.45) is 0 Å². The Morgan fingerprint density at radius 2 is 1.62 bits per heavy atom. The van der Waals surface area contributed by atoms with Gasteiger partial charge in [0, 0.05) is 23.3 Å². The van der Waals surface area contributed by atoms with Crippen LogP contribution in [0.5, 0.6) is 0 Å². The molecule has 0 unspecified atom stereocenters. The highest BCUT2D eigenvalue weighted by atomic mass is 19.1. The van der Waals surface area contributed by atoms with E-state index in [0.29, 0.717) is 28.0 Å². The molecule has 1 aliphatic heterocycles. The Balaban J connectivity index is 1.70. The largest absolute Gasteiger partial charge is 0.348 e. The van der Waals surface area contributed by atoms with Gasteiger partial charge >= 0.3 is 0 Å². The zero-order valence-corrected chi connectivity index (χ0v) is 18.0. The van der Waals surface area contributed by atoms with E-state index in [4.69, 9.17) is 0 Å². The molecular weight excluding hydrogens is 403 g/mol. The van der Waals surface area contributed by atoms with Crippen molar-refractivity contribution in [1.82, 2.24) is 5.32 Å². The van der Waals surface area contributed by atoms with Gasteiger partial charge in [-0.1, -0.05) is 54.6 Å². The Morgan fingerprint density at radius 3 is 2.28 bits per heavy atom. The smallest absolute Gasteiger partial charge is 0.261 e. The van der Waals surface area contributed by atoms with Crippen molar-refractivity contribution in [1.29, 1.82) is 0 Å². The van der Waals surface area contributed by atoms with Crippen LogP contribution in [0.4, 0.5) is 10.1 Å². The molecule has 0 saturated carbocycles. The molecule has 0 aliphatic carbocycles. The van der Waals surface area contributed by atoms with Crippen molar-refractivity contribution < 1.29 is 14.0 Å². The molecule has 3 aromatic rings. The summed E-state index contributed by atoms with van der Waals surface area (Å²) in [6.45, 7) is 8.07. The molecule has 0 radical (unpaired) electrons. The topological polar surface area (TPSA) is 49.4 Å². The first-order chi connectivity index (χ1) is 15.4. The molecule has 4 rings (SSSR count). The summed E-state index contributed by atoms with van der Waals surface area (Å²) in [5.74, 6) is -0.897. The maximum Gasteiger partial charge on any atom is 0.261 e. The zero-order valence-electron chi connectivity index (χ0n) is 18.0. The lowest BCUT2D eigenvalue weighted by molar-refractivity contribution is -0.114. The Morgan fingerprint density at radius 1 is 0.969 bits per heavy atom. The number of nitrogens with zero attached hydrogens (tertiary/aromatic N) is 1. The first-order valence-corrected chi connectivity index (χ1v) is 10.3. The summed E-state index contributed by atoms with van der Waals surface area (Å²) in [5, 5.41) is 2.85. The minimum absolute atomic E-state index is 0.0274. The van der Waals surface area contributed by atoms with Crippen molar-refractivity contribution in [3.63, 3.8) is 0 Å². The second-order valence-corrected chi connectivity index (χ2v) is 7.78. The fourth-order valence-electron chi connectivity index (χ4n) is 3.82. The number of hydrogen-bond donors (Lipinski definition) is 1. The number of carbonyl (C=O) groups excluding carboxylic acids is 2. The Kier molecular flexibility index (Phi) is 5.73. The number of hydrogen-bond acceptors (Lipinski definition) is 2. The predicted octanol–water partition coefficient (Wildman–Crippen LogP) is 5.19. The summed E-state index contributed by atoms with van der Waals surface area (Å²) in [6, 6.07) is 20.7. The van der Waals surface area contributed by atoms with E-state index in [-0.39, 0.29) is 24.2 Å². The second-order valence-electron chi connectivity index (χ2n) is 7.78. The maximum absolute atomic E-state index is 13.5. The minimum Gasteiger partial charge on any atom is -0.348 e. The summed E-state index contributed by atoms with van der Waals surface area (Å²) in [5.41, 5.74) is 5.38. The van der Waals surface area contributed by atoms with E-state index >= 15 is 0 Å². The molecule has 0 spiro atoms. The summed E-state index contributed by atoms with van der Waals surface area (Å²) >= 11 is 0. The van der Waals surface area contributed by atoms with Crippen molar-refractivity contribution in [2.75, 3.05) is 11.4 Å². The van der Waals surface area contributed by atoms with E-state index in [0.717, 1.165) is 16.8 Å². The third-order valence-electron chi connectivity index (χ3n) is 5.55. The average Bonchev–Trinajstić information content (AvgIpc) is 3.03. The molecule has 0 saturated heterocycles. The van der Waals surface area contributed by atoms with E-state index in [9.17, 15) is 14.0 Å². The highest BCUT2D eigenvalue weighted by Gasteiger charge is 2.36. The quantitative estimate of drug-likeness (QED) is 0.611. The van der Waals surface area contributed by atoms with Gasteiger partial charge in [0.1, 0.15) is 5.82 Å². The van der Waals surface area contributed by atoms with Crippen LogP contribution in [0.3, 0.4) is 0 Å². The molecule has 0 fully saturated rings. The van der Waals surface area contributed by atoms with Gasteiger partial charge < -0.3 is 5.32 Å². The van der Waals surface area contributed by atoms with E-state index in [1.807, 2.05) is 50.2 Å². The molecule has 3 aromatic carbocycles. The number of amides is 2. The number of benzene rings is 3. The number of carbonyl (C=O) groups is 2. The van der Waals surface area contributed by atoms with Gasteiger partial charge in [0.2, 0.25) is 0 Å². The summed E-state index contributed by atoms with van der Waals surface area (Å²) in [4.78, 5) is 27.7. The molecule has 5 heteroatoms. The standard InChI is InChI=1S/C27H23FN2O2/c1-17-8-10-21(11-9-17)26(31)29-16-23-25(20-12-14-22(28)15-13-20)19(3)30(27(23)32)24-7-5-4-6-18(24)2/h4-15H,3,16H2,1-2H3,(H,29,31). The monoisotopic (exact) mass is 426 g/mol. The molecule has 0 aromatic heterocycles. The lowest BCUT2D eigenvalue weighted by atomic mass is 10.00. The van der Waals surface area contributed by atoms with Crippen molar-refractivity contribution >= 4 is 23.1 Å². The van der Waals surface area contributed by atoms with E-state index in [1.165, 1.54) is 12.1 Å². The predicted molar refractivity (Wildman–Crippen MR) is 125 cm³/mol. The van der Waals surface area contributed by atoms with Crippen LogP contribution in [0.2, 0.25) is 0 Å². The Bertz CT molecular complexity index is 1240. The van der Waals surface area contributed by atoms with Gasteiger partial charge in [-0.15, -0.1) is 0 Å². The van der Waals surface area contributed by atoms with Gasteiger partial charge in [-0.3, -0.25) is 14.5 Å². The van der Waals surface area contributed by atoms with Crippen LogP contribution in [-0.2, 0) is 4.79 Å². The van der Waals surface area contributed by atoms with Crippen LogP contribution >= 0.6 is 0 Å². The molecule has 1 heterocycles. The maximum atomic E-state index is 13.5. The Hall–Kier alpha value is -3.99. The lowest BCUT2D eigenvalue weighted by Crippen LogP contribution is -2.31. The second kappa shape index (κ2) is 8.63. The number of allylic oxidation sites excluding steroid dienone is 1. The molecule has 0 bridgehead atoms. The van der Waals surface area contributed by atoms with E-state index in [1.54, 1.807) is 29.2 Å². The fourth-order valence-corrected chi connectivity index (χ4v) is 3.82. The number of para-hydroxylation sites is 1. The summed E-state index contributed by atoms with van der Waals surface area (Å²) < 4.78 is 13.5. The van der Waals surface area contributed by atoms with Gasteiger partial charge in [-0.25, -0.2) is 4.39 Å². The van der Waals surface area contributed by atoms with Gasteiger partial charge in [0.25, 0.3) is 11.8 Å². The number of anilines is 1. The number of halogens is 1. The fraction of sp³-hybridized carbons (Fsp3) is 0.111. The van der Waals surface area contributed by atoms with E-state index in [2.05, 4.69) is 11.9 Å². The lowest BCUT2D eigenvalue weighted by Gasteiger charge is -2.21. The molecule has 4 nitrogen and oxygen atoms in total. The first kappa shape index (κ1) is 21.2. The van der Waals surface area contributed by atoms with Crippen molar-refractivity contribution in [3.8, 4) is 0 Å². The molecule has 1 N–H and O–H groups in total. The van der Waals surface area contributed by atoms with Gasteiger partial charge in [-0.05, 0) is 55.3 Å². The van der Waals surface area contributed by atoms with Crippen LogP contribution in [0.25, 0.3) is 5.57 Å². The third kappa shape index (κ3) is 3.97. The van der Waals surface area contributed by atoms with Crippen LogP contribution in [-0.4, -0.2) is 18.4 Å². The van der Waals surface area contributed by atoms with Crippen LogP contribution in [0.15, 0.2) is 90.6 Å². The summed E-state index contributed by atoms with van der Waals surface area (Å²) in [7, 11) is 0. The molecule has 160 valence electrons. The van der Waals surface area contributed by atoms with Crippen molar-refractivity contribution in [2.45, 2.75) is 13.8 Å². The average molecular weight is 426 g/mol. The molecule has 2 amide bonds. The number of rotatable bonds is 5. The highest BCUT2D eigenvalue weighted by Crippen LogP contribution is 2.39. The number of aryl methyl sites for hydroxylation is 2. The molecular formula is C27H23FN2O2. The SMILES string of the molecule is C=C1C(c2ccc(F)cc2)=C(CNC(=O)c2ccc(C)cc2)C(=O)N1c1ccccc1C. The van der Waals surface area contributed by atoms with Gasteiger partial charge in [0.05, 0.1) is 11.4 Å². The van der Waals surface area contributed by atoms with Crippen LogP contribution in [0, 0.1) is 19.7 Å². The molecule has 1 aliphatic rings. The number of nitrogens with one attached hydrogen (secondary N) is 1. The van der Waals surface area contributed by atoms with Crippen LogP contribution in [0.1, 0.15) is 27.0 Å². The third-order valence-corrected chi connectivity index (χ3v) is 5.55. The molecule has 32 heavy (non-hydrogen) atoms. The van der Waals surface area contributed by atoms with Gasteiger partial charge in [0.15, 0.2) is 0 Å². The zero-order chi connectivity index (χ0) is 22.8. The first-order valence-electron chi connectivity index (χ1n) is 10.3. The van der Waals surface area contributed by atoms with E-state index < -0.39 is 0 Å². The summed E-state index contributed by atoms with van der Waals surface area (Å²) in [6.07, 6.45) is 0. The highest BCUT2D eigenvalue weighted by molar-refractivity contribution is 6.22. The molecule has 0 atom stereocenters. The van der Waals surface area contributed by atoms with Crippen LogP contribution < -0.4 is 10.2 Å². The normalized spacial score (nSPS) is 13.7. The minimum atomic E-state index is -0.366. The van der Waals surface area contributed by atoms with Gasteiger partial charge in [-0.2, -0.15) is 0 Å². The van der Waals surface area contributed by atoms with Crippen molar-refractivity contribution in [3.05, 3.63) is 119 Å². The Labute approximate surface area is 186 Å².